The molecule has 74 valence electrons. The van der Waals surface area contributed by atoms with Crippen molar-refractivity contribution in [2.75, 3.05) is 0 Å². The van der Waals surface area contributed by atoms with E-state index < -0.39 is 5.97 Å². The van der Waals surface area contributed by atoms with E-state index in [1.54, 1.807) is 0 Å². The molecule has 1 aromatic carbocycles. The van der Waals surface area contributed by atoms with E-state index in [0.717, 1.165) is 17.5 Å². The minimum absolute atomic E-state index is 0.00977. The normalized spacial score (nSPS) is 24.6. The first-order valence-corrected chi connectivity index (χ1v) is 4.74. The van der Waals surface area contributed by atoms with Crippen LogP contribution >= 0.6 is 0 Å². The van der Waals surface area contributed by atoms with Gasteiger partial charge in [-0.2, -0.15) is 0 Å². The molecule has 0 radical (unpaired) electrons. The standard InChI is InChI=1S/C11H13NO2/c12-10-5-7(6-11(13)14)8-3-1-2-4-9(8)10/h1-4,7,10H,5-6,12H2,(H,13,14)/t7-,10-/m1/s1. The van der Waals surface area contributed by atoms with Gasteiger partial charge in [0.05, 0.1) is 6.42 Å². The van der Waals surface area contributed by atoms with Gasteiger partial charge in [-0.25, -0.2) is 0 Å². The first-order chi connectivity index (χ1) is 6.68. The van der Waals surface area contributed by atoms with Crippen LogP contribution in [0, 0.1) is 0 Å². The highest BCUT2D eigenvalue weighted by atomic mass is 16.4. The summed E-state index contributed by atoms with van der Waals surface area (Å²) in [6.07, 6.45) is 0.941. The number of hydrogen-bond donors (Lipinski definition) is 2. The fourth-order valence-corrected chi connectivity index (χ4v) is 2.18. The van der Waals surface area contributed by atoms with Crippen molar-refractivity contribution >= 4 is 5.97 Å². The number of carboxylic acid groups (broad SMARTS) is 1. The fourth-order valence-electron chi connectivity index (χ4n) is 2.18. The molecule has 1 aliphatic rings. The quantitative estimate of drug-likeness (QED) is 0.747. The molecule has 0 fully saturated rings. The summed E-state index contributed by atoms with van der Waals surface area (Å²) in [5.74, 6) is -0.655. The van der Waals surface area contributed by atoms with E-state index in [0.29, 0.717) is 0 Å². The van der Waals surface area contributed by atoms with Gasteiger partial charge in [0, 0.05) is 6.04 Å². The van der Waals surface area contributed by atoms with Crippen molar-refractivity contribution in [2.45, 2.75) is 24.8 Å². The molecule has 0 aromatic heterocycles. The van der Waals surface area contributed by atoms with Gasteiger partial charge in [0.1, 0.15) is 0 Å². The largest absolute Gasteiger partial charge is 0.481 e. The smallest absolute Gasteiger partial charge is 0.303 e. The minimum Gasteiger partial charge on any atom is -0.481 e. The second-order valence-electron chi connectivity index (χ2n) is 3.77. The van der Waals surface area contributed by atoms with Gasteiger partial charge >= 0.3 is 5.97 Å². The second-order valence-corrected chi connectivity index (χ2v) is 3.77. The molecular weight excluding hydrogens is 178 g/mol. The number of benzene rings is 1. The van der Waals surface area contributed by atoms with Crippen molar-refractivity contribution < 1.29 is 9.90 Å². The number of rotatable bonds is 2. The molecule has 1 aliphatic carbocycles. The zero-order chi connectivity index (χ0) is 10.1. The molecular formula is C11H13NO2. The molecule has 3 nitrogen and oxygen atoms in total. The predicted octanol–water partition coefficient (Wildman–Crippen LogP) is 1.65. The van der Waals surface area contributed by atoms with Gasteiger partial charge in [0.15, 0.2) is 0 Å². The molecule has 3 heteroatoms. The molecule has 0 heterocycles. The van der Waals surface area contributed by atoms with E-state index in [4.69, 9.17) is 10.8 Å². The Labute approximate surface area is 82.5 Å². The second kappa shape index (κ2) is 3.42. The molecule has 2 atom stereocenters. The molecule has 3 N–H and O–H groups in total. The maximum Gasteiger partial charge on any atom is 0.303 e. The Balaban J connectivity index is 2.29. The highest BCUT2D eigenvalue weighted by Crippen LogP contribution is 2.40. The highest BCUT2D eigenvalue weighted by Gasteiger charge is 2.29. The number of carbonyl (C=O) groups is 1. The first-order valence-electron chi connectivity index (χ1n) is 4.74. The van der Waals surface area contributed by atoms with Crippen LogP contribution in [0.3, 0.4) is 0 Å². The fraction of sp³-hybridized carbons (Fsp3) is 0.364. The van der Waals surface area contributed by atoms with E-state index in [2.05, 4.69) is 0 Å². The molecule has 2 rings (SSSR count). The van der Waals surface area contributed by atoms with Crippen LogP contribution in [-0.4, -0.2) is 11.1 Å². The minimum atomic E-state index is -0.751. The molecule has 0 spiro atoms. The van der Waals surface area contributed by atoms with Crippen LogP contribution < -0.4 is 5.73 Å². The van der Waals surface area contributed by atoms with Gasteiger partial charge in [-0.1, -0.05) is 24.3 Å². The average molecular weight is 191 g/mol. The predicted molar refractivity (Wildman–Crippen MR) is 53.0 cm³/mol. The number of nitrogens with two attached hydrogens (primary N) is 1. The number of carboxylic acids is 1. The summed E-state index contributed by atoms with van der Waals surface area (Å²) >= 11 is 0. The average Bonchev–Trinajstić information content (AvgIpc) is 2.44. The summed E-state index contributed by atoms with van der Waals surface area (Å²) in [6.45, 7) is 0. The van der Waals surface area contributed by atoms with Crippen LogP contribution in [0.15, 0.2) is 24.3 Å². The zero-order valence-corrected chi connectivity index (χ0v) is 7.81. The van der Waals surface area contributed by atoms with Crippen LogP contribution in [-0.2, 0) is 4.79 Å². The summed E-state index contributed by atoms with van der Waals surface area (Å²) in [7, 11) is 0. The van der Waals surface area contributed by atoms with Crippen LogP contribution in [0.2, 0.25) is 0 Å². The number of fused-ring (bicyclic) bond motifs is 1. The lowest BCUT2D eigenvalue weighted by Gasteiger charge is -2.06. The number of hydrogen-bond acceptors (Lipinski definition) is 2. The summed E-state index contributed by atoms with van der Waals surface area (Å²) in [5, 5.41) is 8.74. The third kappa shape index (κ3) is 1.51. The molecule has 14 heavy (non-hydrogen) atoms. The van der Waals surface area contributed by atoms with Gasteiger partial charge < -0.3 is 10.8 Å². The van der Waals surface area contributed by atoms with Gasteiger partial charge in [0.2, 0.25) is 0 Å². The SMILES string of the molecule is N[C@@H]1C[C@H](CC(=O)O)c2ccccc21. The van der Waals surface area contributed by atoms with E-state index in [9.17, 15) is 4.79 Å². The van der Waals surface area contributed by atoms with Crippen LogP contribution in [0.4, 0.5) is 0 Å². The van der Waals surface area contributed by atoms with Crippen molar-refractivity contribution in [3.63, 3.8) is 0 Å². The molecule has 0 amide bonds. The van der Waals surface area contributed by atoms with Gasteiger partial charge in [0.25, 0.3) is 0 Å². The van der Waals surface area contributed by atoms with E-state index in [1.807, 2.05) is 24.3 Å². The molecule has 1 aromatic rings. The Morgan fingerprint density at radius 2 is 2.07 bits per heavy atom. The van der Waals surface area contributed by atoms with Gasteiger partial charge in [-0.05, 0) is 23.5 Å². The Bertz CT molecular complexity index is 362. The Hall–Kier alpha value is -1.35. The maximum absolute atomic E-state index is 10.6. The highest BCUT2D eigenvalue weighted by molar-refractivity contribution is 5.68. The number of aliphatic carboxylic acids is 1. The van der Waals surface area contributed by atoms with Crippen molar-refractivity contribution in [2.24, 2.45) is 5.73 Å². The van der Waals surface area contributed by atoms with E-state index in [-0.39, 0.29) is 18.4 Å². The third-order valence-corrected chi connectivity index (χ3v) is 2.79. The van der Waals surface area contributed by atoms with Crippen LogP contribution in [0.5, 0.6) is 0 Å². The Morgan fingerprint density at radius 1 is 1.43 bits per heavy atom. The van der Waals surface area contributed by atoms with Gasteiger partial charge in [-0.3, -0.25) is 4.79 Å². The Kier molecular flexibility index (Phi) is 2.25. The lowest BCUT2D eigenvalue weighted by atomic mass is 9.98. The maximum atomic E-state index is 10.6. The molecule has 0 bridgehead atoms. The van der Waals surface area contributed by atoms with Crippen molar-refractivity contribution in [1.29, 1.82) is 0 Å². The van der Waals surface area contributed by atoms with Crippen LogP contribution in [0.25, 0.3) is 0 Å². The van der Waals surface area contributed by atoms with Crippen molar-refractivity contribution in [3.8, 4) is 0 Å². The third-order valence-electron chi connectivity index (χ3n) is 2.79. The van der Waals surface area contributed by atoms with Gasteiger partial charge in [-0.15, -0.1) is 0 Å². The summed E-state index contributed by atoms with van der Waals surface area (Å²) in [4.78, 5) is 10.6. The molecule has 0 unspecified atom stereocenters. The van der Waals surface area contributed by atoms with Crippen molar-refractivity contribution in [1.82, 2.24) is 0 Å². The monoisotopic (exact) mass is 191 g/mol. The summed E-state index contributed by atoms with van der Waals surface area (Å²) < 4.78 is 0. The zero-order valence-electron chi connectivity index (χ0n) is 7.81. The van der Waals surface area contributed by atoms with E-state index >= 15 is 0 Å². The first kappa shape index (κ1) is 9.21. The molecule has 0 saturated carbocycles. The molecule has 0 aliphatic heterocycles. The summed E-state index contributed by atoms with van der Waals surface area (Å²) in [6, 6.07) is 7.86. The lowest BCUT2D eigenvalue weighted by molar-refractivity contribution is -0.137. The van der Waals surface area contributed by atoms with E-state index in [1.165, 1.54) is 0 Å². The topological polar surface area (TPSA) is 63.3 Å². The van der Waals surface area contributed by atoms with Crippen LogP contribution in [0.1, 0.15) is 35.9 Å². The molecule has 0 saturated heterocycles. The van der Waals surface area contributed by atoms with Crippen molar-refractivity contribution in [3.05, 3.63) is 35.4 Å². The summed E-state index contributed by atoms with van der Waals surface area (Å²) in [5.41, 5.74) is 8.14. The lowest BCUT2D eigenvalue weighted by Crippen LogP contribution is -2.07. The Morgan fingerprint density at radius 3 is 2.71 bits per heavy atom.